The van der Waals surface area contributed by atoms with Crippen LogP contribution in [0.25, 0.3) is 6.08 Å². The van der Waals surface area contributed by atoms with Crippen molar-refractivity contribution in [1.29, 1.82) is 0 Å². The van der Waals surface area contributed by atoms with Crippen molar-refractivity contribution in [3.05, 3.63) is 59.8 Å². The number of thiocarbonyl (C=S) groups is 1. The minimum absolute atomic E-state index is 0.240. The second kappa shape index (κ2) is 6.72. The van der Waals surface area contributed by atoms with E-state index in [1.54, 1.807) is 32.4 Å². The fourth-order valence-electron chi connectivity index (χ4n) is 2.51. The molecule has 0 saturated carbocycles. The van der Waals surface area contributed by atoms with Crippen LogP contribution in [-0.4, -0.2) is 25.2 Å². The first-order valence-electron chi connectivity index (χ1n) is 7.29. The molecule has 0 spiro atoms. The third-order valence-corrected chi connectivity index (χ3v) is 3.93. The van der Waals surface area contributed by atoms with Crippen LogP contribution >= 0.6 is 12.2 Å². The molecule has 0 bridgehead atoms. The zero-order valence-corrected chi connectivity index (χ0v) is 14.1. The molecule has 6 heteroatoms. The average Bonchev–Trinajstić information content (AvgIpc) is 2.89. The highest BCUT2D eigenvalue weighted by Crippen LogP contribution is 2.31. The van der Waals surface area contributed by atoms with Crippen LogP contribution < -0.4 is 19.7 Å². The molecule has 1 aliphatic rings. The van der Waals surface area contributed by atoms with Gasteiger partial charge in [0, 0.05) is 5.56 Å². The molecule has 0 aromatic heterocycles. The van der Waals surface area contributed by atoms with Crippen molar-refractivity contribution in [3.8, 4) is 11.5 Å². The average molecular weight is 340 g/mol. The van der Waals surface area contributed by atoms with Crippen LogP contribution in [0, 0.1) is 0 Å². The molecule has 122 valence electrons. The normalized spacial score (nSPS) is 15.6. The Morgan fingerprint density at radius 2 is 1.62 bits per heavy atom. The van der Waals surface area contributed by atoms with Gasteiger partial charge in [0.15, 0.2) is 5.11 Å². The largest absolute Gasteiger partial charge is 0.496 e. The first-order valence-corrected chi connectivity index (χ1v) is 7.69. The molecule has 3 rings (SSSR count). The monoisotopic (exact) mass is 340 g/mol. The van der Waals surface area contributed by atoms with Gasteiger partial charge in [0.2, 0.25) is 0 Å². The molecule has 2 aromatic carbocycles. The summed E-state index contributed by atoms with van der Waals surface area (Å²) in [6.07, 6.45) is 1.73. The highest BCUT2D eigenvalue weighted by Gasteiger charge is 2.33. The fourth-order valence-corrected chi connectivity index (χ4v) is 2.80. The van der Waals surface area contributed by atoms with Gasteiger partial charge >= 0.3 is 0 Å². The molecular weight excluding hydrogens is 324 g/mol. The van der Waals surface area contributed by atoms with Crippen molar-refractivity contribution in [2.75, 3.05) is 19.1 Å². The number of carbonyl (C=O) groups is 1. The maximum Gasteiger partial charge on any atom is 0.281 e. The van der Waals surface area contributed by atoms with Crippen molar-refractivity contribution in [3.63, 3.8) is 0 Å². The van der Waals surface area contributed by atoms with Crippen LogP contribution in [0.1, 0.15) is 5.56 Å². The summed E-state index contributed by atoms with van der Waals surface area (Å²) in [7, 11) is 3.15. The van der Waals surface area contributed by atoms with Crippen LogP contribution in [0.15, 0.2) is 54.2 Å². The predicted octanol–water partition coefficient (Wildman–Crippen LogP) is 2.97. The topological polar surface area (TPSA) is 50.8 Å². The molecule has 0 atom stereocenters. The number of nitrogens with zero attached hydrogens (tertiary/aromatic N) is 1. The third-order valence-electron chi connectivity index (χ3n) is 3.64. The predicted molar refractivity (Wildman–Crippen MR) is 97.2 cm³/mol. The Morgan fingerprint density at radius 3 is 2.33 bits per heavy atom. The second-order valence-electron chi connectivity index (χ2n) is 5.04. The molecule has 1 saturated heterocycles. The first-order chi connectivity index (χ1) is 11.7. The molecule has 1 heterocycles. The second-order valence-corrected chi connectivity index (χ2v) is 5.43. The summed E-state index contributed by atoms with van der Waals surface area (Å²) < 4.78 is 10.6. The number of hydrogen-bond acceptors (Lipinski definition) is 4. The maximum absolute atomic E-state index is 12.8. The summed E-state index contributed by atoms with van der Waals surface area (Å²) in [6, 6.07) is 14.7. The standard InChI is InChI=1S/C18H16N2O3S/c1-22-15-9-5-3-7-12(15)11-13-17(21)20(18(24)19-13)14-8-4-6-10-16(14)23-2/h3-11H,1-2H3,(H,19,24)/b13-11+. The lowest BCUT2D eigenvalue weighted by atomic mass is 10.1. The number of nitrogens with one attached hydrogen (secondary N) is 1. The van der Waals surface area contributed by atoms with E-state index in [1.165, 1.54) is 4.90 Å². The number of amides is 1. The van der Waals surface area contributed by atoms with Gasteiger partial charge in [0.1, 0.15) is 17.2 Å². The molecule has 1 N–H and O–H groups in total. The van der Waals surface area contributed by atoms with E-state index in [1.807, 2.05) is 36.4 Å². The van der Waals surface area contributed by atoms with Crippen LogP contribution in [0.5, 0.6) is 11.5 Å². The van der Waals surface area contributed by atoms with Gasteiger partial charge in [-0.1, -0.05) is 30.3 Å². The van der Waals surface area contributed by atoms with E-state index in [-0.39, 0.29) is 5.91 Å². The number of ether oxygens (including phenoxy) is 2. The molecule has 5 nitrogen and oxygen atoms in total. The van der Waals surface area contributed by atoms with Crippen molar-refractivity contribution in [2.45, 2.75) is 0 Å². The fraction of sp³-hybridized carbons (Fsp3) is 0.111. The Morgan fingerprint density at radius 1 is 1.00 bits per heavy atom. The number of benzene rings is 2. The number of anilines is 1. The van der Waals surface area contributed by atoms with Crippen molar-refractivity contribution >= 4 is 35.0 Å². The van der Waals surface area contributed by atoms with E-state index < -0.39 is 0 Å². The highest BCUT2D eigenvalue weighted by atomic mass is 32.1. The van der Waals surface area contributed by atoms with Gasteiger partial charge in [-0.15, -0.1) is 0 Å². The van der Waals surface area contributed by atoms with Gasteiger partial charge in [-0.25, -0.2) is 4.90 Å². The summed E-state index contributed by atoms with van der Waals surface area (Å²) in [5.74, 6) is 1.02. The van der Waals surface area contributed by atoms with E-state index in [0.717, 1.165) is 5.56 Å². The molecule has 0 aliphatic carbocycles. The molecule has 1 aliphatic heterocycles. The summed E-state index contributed by atoms with van der Waals surface area (Å²) in [5.41, 5.74) is 1.78. The van der Waals surface area contributed by atoms with Crippen molar-refractivity contribution < 1.29 is 14.3 Å². The van der Waals surface area contributed by atoms with Gasteiger partial charge in [-0.3, -0.25) is 4.79 Å². The Hall–Kier alpha value is -2.86. The summed E-state index contributed by atoms with van der Waals surface area (Å²) >= 11 is 5.33. The lowest BCUT2D eigenvalue weighted by Gasteiger charge is -2.17. The molecular formula is C18H16N2O3S. The van der Waals surface area contributed by atoms with Crippen molar-refractivity contribution in [1.82, 2.24) is 5.32 Å². The summed E-state index contributed by atoms with van der Waals surface area (Å²) in [5, 5.41) is 3.27. The highest BCUT2D eigenvalue weighted by molar-refractivity contribution is 7.80. The Kier molecular flexibility index (Phi) is 4.48. The minimum atomic E-state index is -0.240. The number of para-hydroxylation sites is 3. The molecule has 1 amide bonds. The van der Waals surface area contributed by atoms with Gasteiger partial charge in [0.05, 0.1) is 19.9 Å². The van der Waals surface area contributed by atoms with Gasteiger partial charge in [0.25, 0.3) is 5.91 Å². The number of methoxy groups -OCH3 is 2. The summed E-state index contributed by atoms with van der Waals surface area (Å²) in [6.45, 7) is 0. The number of rotatable bonds is 4. The van der Waals surface area contributed by atoms with Gasteiger partial charge < -0.3 is 14.8 Å². The van der Waals surface area contributed by atoms with Crippen molar-refractivity contribution in [2.24, 2.45) is 0 Å². The molecule has 2 aromatic rings. The Bertz CT molecular complexity index is 833. The van der Waals surface area contributed by atoms with Crippen LogP contribution in [0.3, 0.4) is 0 Å². The van der Waals surface area contributed by atoms with Gasteiger partial charge in [-0.2, -0.15) is 0 Å². The SMILES string of the molecule is COc1ccccc1/C=C1/NC(=S)N(c2ccccc2OC)C1=O. The zero-order chi connectivity index (χ0) is 17.1. The van der Waals surface area contributed by atoms with E-state index >= 15 is 0 Å². The zero-order valence-electron chi connectivity index (χ0n) is 13.3. The van der Waals surface area contributed by atoms with E-state index in [4.69, 9.17) is 21.7 Å². The molecule has 0 radical (unpaired) electrons. The maximum atomic E-state index is 12.8. The number of carbonyl (C=O) groups excluding carboxylic acids is 1. The van der Waals surface area contributed by atoms with E-state index in [9.17, 15) is 4.79 Å². The lowest BCUT2D eigenvalue weighted by molar-refractivity contribution is -0.113. The first kappa shape index (κ1) is 16.0. The minimum Gasteiger partial charge on any atom is -0.496 e. The molecule has 1 fully saturated rings. The Labute approximate surface area is 145 Å². The van der Waals surface area contributed by atoms with Crippen LogP contribution in [0.4, 0.5) is 5.69 Å². The third kappa shape index (κ3) is 2.83. The smallest absolute Gasteiger partial charge is 0.281 e. The molecule has 24 heavy (non-hydrogen) atoms. The van der Waals surface area contributed by atoms with Crippen LogP contribution in [-0.2, 0) is 4.79 Å². The molecule has 0 unspecified atom stereocenters. The summed E-state index contributed by atoms with van der Waals surface area (Å²) in [4.78, 5) is 14.2. The van der Waals surface area contributed by atoms with E-state index in [2.05, 4.69) is 5.32 Å². The lowest BCUT2D eigenvalue weighted by Crippen LogP contribution is -2.30. The van der Waals surface area contributed by atoms with Gasteiger partial charge in [-0.05, 0) is 36.5 Å². The van der Waals surface area contributed by atoms with E-state index in [0.29, 0.717) is 28.0 Å². The Balaban J connectivity index is 1.99. The quantitative estimate of drug-likeness (QED) is 0.685. The number of hydrogen-bond donors (Lipinski definition) is 1. The van der Waals surface area contributed by atoms with Crippen LogP contribution in [0.2, 0.25) is 0 Å².